The second-order valence-electron chi connectivity index (χ2n) is 3.91. The van der Waals surface area contributed by atoms with E-state index in [-0.39, 0.29) is 16.7 Å². The summed E-state index contributed by atoms with van der Waals surface area (Å²) in [4.78, 5) is 22.1. The molecule has 0 spiro atoms. The van der Waals surface area contributed by atoms with Crippen LogP contribution in [0.1, 0.15) is 13.8 Å². The molecule has 6 nitrogen and oxygen atoms in total. The Morgan fingerprint density at radius 3 is 2.70 bits per heavy atom. The Labute approximate surface area is 121 Å². The van der Waals surface area contributed by atoms with Crippen molar-refractivity contribution in [1.29, 1.82) is 0 Å². The Morgan fingerprint density at radius 2 is 2.15 bits per heavy atom. The average molecular weight is 302 g/mol. The molecule has 1 aromatic rings. The number of nitrogens with one attached hydrogen (secondary N) is 1. The van der Waals surface area contributed by atoms with Crippen LogP contribution in [-0.2, 0) is 14.3 Å². The van der Waals surface area contributed by atoms with Crippen molar-refractivity contribution in [2.24, 2.45) is 0 Å². The van der Waals surface area contributed by atoms with E-state index in [0.717, 1.165) is 0 Å². The van der Waals surface area contributed by atoms with Crippen molar-refractivity contribution in [2.75, 3.05) is 18.5 Å². The minimum Gasteiger partial charge on any atom is -0.480 e. The van der Waals surface area contributed by atoms with Gasteiger partial charge in [-0.05, 0) is 32.0 Å². The van der Waals surface area contributed by atoms with Gasteiger partial charge in [0, 0.05) is 12.3 Å². The SMILES string of the molecule is CCOC(C)C(=O)Nc1ccc(OCC(=O)O)c(Cl)c1. The van der Waals surface area contributed by atoms with E-state index in [4.69, 9.17) is 26.2 Å². The van der Waals surface area contributed by atoms with Crippen LogP contribution in [0.3, 0.4) is 0 Å². The number of ether oxygens (including phenoxy) is 2. The maximum Gasteiger partial charge on any atom is 0.341 e. The van der Waals surface area contributed by atoms with Gasteiger partial charge in [0.05, 0.1) is 5.02 Å². The van der Waals surface area contributed by atoms with Crippen molar-refractivity contribution in [2.45, 2.75) is 20.0 Å². The third kappa shape index (κ3) is 5.07. The van der Waals surface area contributed by atoms with Crippen LogP contribution < -0.4 is 10.1 Å². The van der Waals surface area contributed by atoms with Crippen molar-refractivity contribution >= 4 is 29.2 Å². The number of aliphatic carboxylic acids is 1. The molecule has 1 amide bonds. The van der Waals surface area contributed by atoms with E-state index in [1.807, 2.05) is 0 Å². The lowest BCUT2D eigenvalue weighted by molar-refractivity contribution is -0.139. The Morgan fingerprint density at radius 1 is 1.45 bits per heavy atom. The van der Waals surface area contributed by atoms with Crippen LogP contribution in [0.4, 0.5) is 5.69 Å². The molecule has 7 heteroatoms. The summed E-state index contributed by atoms with van der Waals surface area (Å²) >= 11 is 5.94. The van der Waals surface area contributed by atoms with E-state index >= 15 is 0 Å². The number of anilines is 1. The monoisotopic (exact) mass is 301 g/mol. The smallest absolute Gasteiger partial charge is 0.341 e. The summed E-state index contributed by atoms with van der Waals surface area (Å²) in [5.74, 6) is -1.14. The zero-order valence-corrected chi connectivity index (χ0v) is 11.9. The van der Waals surface area contributed by atoms with Crippen LogP contribution in [0.2, 0.25) is 5.02 Å². The van der Waals surface area contributed by atoms with Crippen molar-refractivity contribution in [3.05, 3.63) is 23.2 Å². The van der Waals surface area contributed by atoms with Gasteiger partial charge in [0.25, 0.3) is 5.91 Å². The standard InChI is InChI=1S/C13H16ClNO5/c1-3-19-8(2)13(18)15-9-4-5-11(10(14)6-9)20-7-12(16)17/h4-6,8H,3,7H2,1-2H3,(H,15,18)(H,16,17). The van der Waals surface area contributed by atoms with Crippen molar-refractivity contribution in [1.82, 2.24) is 0 Å². The van der Waals surface area contributed by atoms with Gasteiger partial charge in [0.15, 0.2) is 6.61 Å². The van der Waals surface area contributed by atoms with Gasteiger partial charge in [0.2, 0.25) is 0 Å². The lowest BCUT2D eigenvalue weighted by atomic mass is 10.2. The molecule has 2 N–H and O–H groups in total. The van der Waals surface area contributed by atoms with E-state index < -0.39 is 18.7 Å². The summed E-state index contributed by atoms with van der Waals surface area (Å²) in [7, 11) is 0. The van der Waals surface area contributed by atoms with E-state index in [9.17, 15) is 9.59 Å². The number of benzene rings is 1. The van der Waals surface area contributed by atoms with Gasteiger partial charge >= 0.3 is 5.97 Å². The number of rotatable bonds is 7. The second kappa shape index (κ2) is 7.72. The van der Waals surface area contributed by atoms with Gasteiger partial charge in [-0.15, -0.1) is 0 Å². The van der Waals surface area contributed by atoms with E-state index in [1.54, 1.807) is 19.9 Å². The number of halogens is 1. The quantitative estimate of drug-likeness (QED) is 0.806. The molecule has 0 saturated heterocycles. The van der Waals surface area contributed by atoms with Gasteiger partial charge in [-0.2, -0.15) is 0 Å². The van der Waals surface area contributed by atoms with Gasteiger partial charge in [-0.1, -0.05) is 11.6 Å². The van der Waals surface area contributed by atoms with Crippen LogP contribution in [0.25, 0.3) is 0 Å². The molecule has 0 saturated carbocycles. The van der Waals surface area contributed by atoms with Crippen LogP contribution in [0, 0.1) is 0 Å². The summed E-state index contributed by atoms with van der Waals surface area (Å²) in [5, 5.41) is 11.4. The first-order valence-electron chi connectivity index (χ1n) is 6.00. The highest BCUT2D eigenvalue weighted by atomic mass is 35.5. The molecule has 20 heavy (non-hydrogen) atoms. The number of carboxylic acid groups (broad SMARTS) is 1. The molecule has 110 valence electrons. The highest BCUT2D eigenvalue weighted by molar-refractivity contribution is 6.32. The predicted molar refractivity (Wildman–Crippen MR) is 74.3 cm³/mol. The number of amides is 1. The van der Waals surface area contributed by atoms with Crippen LogP contribution in [-0.4, -0.2) is 36.3 Å². The maximum absolute atomic E-state index is 11.7. The van der Waals surface area contributed by atoms with Crippen LogP contribution >= 0.6 is 11.6 Å². The fourth-order valence-electron chi connectivity index (χ4n) is 1.40. The van der Waals surface area contributed by atoms with E-state index in [1.165, 1.54) is 12.1 Å². The number of carboxylic acids is 1. The van der Waals surface area contributed by atoms with Gasteiger partial charge in [-0.25, -0.2) is 4.79 Å². The van der Waals surface area contributed by atoms with Gasteiger partial charge in [-0.3, -0.25) is 4.79 Å². The molecule has 1 rings (SSSR count). The first-order chi connectivity index (χ1) is 9.43. The summed E-state index contributed by atoms with van der Waals surface area (Å²) in [6.45, 7) is 3.41. The zero-order valence-electron chi connectivity index (χ0n) is 11.2. The Balaban J connectivity index is 2.67. The minimum atomic E-state index is -1.09. The molecule has 0 aliphatic heterocycles. The molecule has 0 aliphatic rings. The third-order valence-corrected chi connectivity index (χ3v) is 2.63. The Hall–Kier alpha value is -1.79. The summed E-state index contributed by atoms with van der Waals surface area (Å²) in [6.07, 6.45) is -0.568. The number of carbonyl (C=O) groups is 2. The molecule has 0 aliphatic carbocycles. The Bertz CT molecular complexity index is 492. The number of hydrogen-bond acceptors (Lipinski definition) is 4. The topological polar surface area (TPSA) is 84.9 Å². The molecule has 1 aromatic carbocycles. The maximum atomic E-state index is 11.7. The fraction of sp³-hybridized carbons (Fsp3) is 0.385. The summed E-state index contributed by atoms with van der Waals surface area (Å²) in [5.41, 5.74) is 0.481. The molecule has 0 aromatic heterocycles. The van der Waals surface area contributed by atoms with Gasteiger partial charge < -0.3 is 19.9 Å². The molecule has 0 fully saturated rings. The van der Waals surface area contributed by atoms with E-state index in [0.29, 0.717) is 12.3 Å². The van der Waals surface area contributed by atoms with Crippen LogP contribution in [0.15, 0.2) is 18.2 Å². The number of hydrogen-bond donors (Lipinski definition) is 2. The largest absolute Gasteiger partial charge is 0.480 e. The van der Waals surface area contributed by atoms with Crippen molar-refractivity contribution in [3.8, 4) is 5.75 Å². The average Bonchev–Trinajstić information content (AvgIpc) is 2.37. The minimum absolute atomic E-state index is 0.216. The van der Waals surface area contributed by atoms with Crippen molar-refractivity contribution < 1.29 is 24.2 Å². The van der Waals surface area contributed by atoms with E-state index in [2.05, 4.69) is 5.32 Å². The lowest BCUT2D eigenvalue weighted by Gasteiger charge is -2.13. The molecule has 1 unspecified atom stereocenters. The molecular formula is C13H16ClNO5. The normalized spacial score (nSPS) is 11.8. The predicted octanol–water partition coefficient (Wildman–Crippen LogP) is 2.17. The molecule has 0 radical (unpaired) electrons. The molecule has 0 heterocycles. The summed E-state index contributed by atoms with van der Waals surface area (Å²) in [6, 6.07) is 4.54. The molecule has 1 atom stereocenters. The highest BCUT2D eigenvalue weighted by Gasteiger charge is 2.13. The first-order valence-corrected chi connectivity index (χ1v) is 6.38. The lowest BCUT2D eigenvalue weighted by Crippen LogP contribution is -2.27. The fourth-order valence-corrected chi connectivity index (χ4v) is 1.64. The Kier molecular flexibility index (Phi) is 6.27. The second-order valence-corrected chi connectivity index (χ2v) is 4.32. The highest BCUT2D eigenvalue weighted by Crippen LogP contribution is 2.27. The molecular weight excluding hydrogens is 286 g/mol. The summed E-state index contributed by atoms with van der Waals surface area (Å²) < 4.78 is 10.1. The zero-order chi connectivity index (χ0) is 15.1. The van der Waals surface area contributed by atoms with Gasteiger partial charge in [0.1, 0.15) is 11.9 Å². The van der Waals surface area contributed by atoms with Crippen molar-refractivity contribution in [3.63, 3.8) is 0 Å². The third-order valence-electron chi connectivity index (χ3n) is 2.34. The number of carbonyl (C=O) groups excluding carboxylic acids is 1. The van der Waals surface area contributed by atoms with Crippen LogP contribution in [0.5, 0.6) is 5.75 Å². The first kappa shape index (κ1) is 16.3. The molecule has 0 bridgehead atoms.